The van der Waals surface area contributed by atoms with Crippen LogP contribution >= 0.6 is 0 Å². The molecule has 0 rings (SSSR count). The molecule has 0 saturated carbocycles. The number of carbonyl (C=O) groups excluding carboxylic acids is 6. The van der Waals surface area contributed by atoms with Crippen molar-refractivity contribution < 1.29 is 99.6 Å². The van der Waals surface area contributed by atoms with Crippen LogP contribution in [0.1, 0.15) is 52.4 Å². The lowest BCUT2D eigenvalue weighted by Gasteiger charge is -2.31. The summed E-state index contributed by atoms with van der Waals surface area (Å²) in [5.74, 6) is -12.1. The number of nitrogens with one attached hydrogen (secondary N) is 2. The summed E-state index contributed by atoms with van der Waals surface area (Å²) >= 11 is 0. The number of aliphatic carboxylic acids is 2. The summed E-state index contributed by atoms with van der Waals surface area (Å²) in [7, 11) is 2.18. The molecule has 0 aromatic carbocycles. The Labute approximate surface area is 332 Å². The van der Waals surface area contributed by atoms with Gasteiger partial charge < -0.3 is 81.7 Å². The highest BCUT2D eigenvalue weighted by atomic mass is 16.4. The maximum atomic E-state index is 13.6. The Morgan fingerprint density at radius 3 is 1.41 bits per heavy atom. The van der Waals surface area contributed by atoms with Crippen molar-refractivity contribution in [1.29, 1.82) is 0 Å². The molecule has 0 spiro atoms. The number of hydrogen-bond donors (Lipinski definition) is 14. The zero-order valence-electron chi connectivity index (χ0n) is 32.5. The van der Waals surface area contributed by atoms with E-state index in [0.717, 1.165) is 19.0 Å². The van der Waals surface area contributed by atoms with Crippen LogP contribution in [-0.2, 0) is 38.4 Å². The normalized spacial score (nSPS) is 17.7. The third-order valence-corrected chi connectivity index (χ3v) is 9.06. The first-order chi connectivity index (χ1) is 26.8. The molecule has 14 N–H and O–H groups in total. The Hall–Kier alpha value is -4.24. The summed E-state index contributed by atoms with van der Waals surface area (Å²) in [6, 6.07) is -3.65. The molecular weight excluding hydrogens is 784 g/mol. The monoisotopic (exact) mass is 842 g/mol. The van der Waals surface area contributed by atoms with Gasteiger partial charge in [-0.3, -0.25) is 33.6 Å². The zero-order chi connectivity index (χ0) is 45.2. The lowest BCUT2D eigenvalue weighted by molar-refractivity contribution is -0.146. The van der Waals surface area contributed by atoms with Gasteiger partial charge in [0.1, 0.15) is 72.5 Å². The number of carbonyl (C=O) groups is 8. The van der Waals surface area contributed by atoms with Gasteiger partial charge in [-0.2, -0.15) is 0 Å². The lowest BCUT2D eigenvalue weighted by atomic mass is 9.93. The molecule has 0 radical (unpaired) electrons. The zero-order valence-corrected chi connectivity index (χ0v) is 32.5. The smallest absolute Gasteiger partial charge is 0.326 e. The van der Waals surface area contributed by atoms with Crippen molar-refractivity contribution in [3.63, 3.8) is 0 Å². The van der Waals surface area contributed by atoms with E-state index in [1.807, 2.05) is 5.32 Å². The molecule has 0 aromatic rings. The third kappa shape index (κ3) is 18.1. The summed E-state index contributed by atoms with van der Waals surface area (Å²) < 4.78 is 0. The van der Waals surface area contributed by atoms with Crippen LogP contribution < -0.4 is 10.6 Å². The molecule has 0 aliphatic rings. The van der Waals surface area contributed by atoms with Gasteiger partial charge in [-0.05, 0) is 0 Å². The fourth-order valence-electron chi connectivity index (χ4n) is 5.30. The van der Waals surface area contributed by atoms with Gasteiger partial charge in [0.25, 0.3) is 0 Å². The minimum Gasteiger partial charge on any atom is -0.481 e. The van der Waals surface area contributed by atoms with E-state index in [0.29, 0.717) is 4.90 Å². The van der Waals surface area contributed by atoms with Gasteiger partial charge in [0, 0.05) is 65.2 Å². The van der Waals surface area contributed by atoms with E-state index in [4.69, 9.17) is 10.2 Å². The van der Waals surface area contributed by atoms with Crippen LogP contribution in [0.5, 0.6) is 0 Å². The average Bonchev–Trinajstić information content (AvgIpc) is 3.16. The Kier molecular flexibility index (Phi) is 24.1. The van der Waals surface area contributed by atoms with Crippen molar-refractivity contribution >= 4 is 47.1 Å². The molecule has 4 amide bonds. The van der Waals surface area contributed by atoms with Crippen molar-refractivity contribution in [2.75, 3.05) is 40.4 Å². The fourth-order valence-corrected chi connectivity index (χ4v) is 5.30. The summed E-state index contributed by atoms with van der Waals surface area (Å²) in [5.41, 5.74) is 0. The Balaban J connectivity index is 6.28. The maximum absolute atomic E-state index is 13.6. The molecule has 12 atom stereocenters. The van der Waals surface area contributed by atoms with Crippen LogP contribution in [0.2, 0.25) is 0 Å². The van der Waals surface area contributed by atoms with E-state index in [-0.39, 0.29) is 6.42 Å². The molecule has 0 aliphatic heterocycles. The number of ketones is 2. The van der Waals surface area contributed by atoms with Crippen LogP contribution in [0.25, 0.3) is 0 Å². The molecule has 334 valence electrons. The van der Waals surface area contributed by atoms with Crippen molar-refractivity contribution in [2.45, 2.75) is 113 Å². The first kappa shape index (κ1) is 53.8. The predicted octanol–water partition coefficient (Wildman–Crippen LogP) is -7.34. The first-order valence-electron chi connectivity index (χ1n) is 18.1. The van der Waals surface area contributed by atoms with Gasteiger partial charge in [0.05, 0.1) is 25.6 Å². The molecular formula is C34H58N4O20. The molecule has 24 heteroatoms. The molecule has 0 saturated heterocycles. The summed E-state index contributed by atoms with van der Waals surface area (Å²) in [4.78, 5) is 103. The van der Waals surface area contributed by atoms with E-state index in [1.54, 1.807) is 0 Å². The minimum absolute atomic E-state index is 0.0763. The second kappa shape index (κ2) is 26.0. The number of carboxylic acid groups (broad SMARTS) is 2. The molecule has 0 heterocycles. The van der Waals surface area contributed by atoms with Gasteiger partial charge in [-0.25, -0.2) is 4.79 Å². The van der Waals surface area contributed by atoms with Crippen LogP contribution in [0, 0.1) is 11.8 Å². The Morgan fingerprint density at radius 2 is 0.983 bits per heavy atom. The highest BCUT2D eigenvalue weighted by Crippen LogP contribution is 2.17. The van der Waals surface area contributed by atoms with Crippen molar-refractivity contribution in [3.05, 3.63) is 0 Å². The summed E-state index contributed by atoms with van der Waals surface area (Å²) in [6.45, 7) is -0.758. The van der Waals surface area contributed by atoms with Crippen LogP contribution in [0.15, 0.2) is 0 Å². The van der Waals surface area contributed by atoms with E-state index >= 15 is 0 Å². The molecule has 12 unspecified atom stereocenters. The van der Waals surface area contributed by atoms with E-state index in [2.05, 4.69) is 5.32 Å². The Morgan fingerprint density at radius 1 is 0.552 bits per heavy atom. The van der Waals surface area contributed by atoms with Gasteiger partial charge in [-0.1, -0.05) is 13.8 Å². The number of aliphatic hydroxyl groups excluding tert-OH is 10. The van der Waals surface area contributed by atoms with Crippen molar-refractivity contribution in [2.24, 2.45) is 11.8 Å². The highest BCUT2D eigenvalue weighted by Gasteiger charge is 2.37. The van der Waals surface area contributed by atoms with Gasteiger partial charge in [0.2, 0.25) is 23.6 Å². The maximum Gasteiger partial charge on any atom is 0.326 e. The van der Waals surface area contributed by atoms with Crippen LogP contribution in [0.4, 0.5) is 0 Å². The number of carboxylic acids is 2. The summed E-state index contributed by atoms with van der Waals surface area (Å²) in [5, 5.41) is 121. The van der Waals surface area contributed by atoms with Crippen molar-refractivity contribution in [1.82, 2.24) is 20.4 Å². The number of likely N-dealkylation sites (N-methyl/N-ethyl adjacent to an activating group) is 2. The van der Waals surface area contributed by atoms with Crippen LogP contribution in [0.3, 0.4) is 0 Å². The lowest BCUT2D eigenvalue weighted by Crippen LogP contribution is -2.54. The fraction of sp³-hybridized carbons (Fsp3) is 0.765. The van der Waals surface area contributed by atoms with Crippen molar-refractivity contribution in [3.8, 4) is 0 Å². The quantitative estimate of drug-likeness (QED) is 0.0333. The Bertz CT molecular complexity index is 1400. The van der Waals surface area contributed by atoms with Crippen LogP contribution in [-0.4, -0.2) is 220 Å². The number of amides is 4. The number of aliphatic hydroxyl groups is 10. The topological polar surface area (TPSA) is 410 Å². The highest BCUT2D eigenvalue weighted by molar-refractivity contribution is 5.96. The third-order valence-electron chi connectivity index (χ3n) is 9.06. The predicted molar refractivity (Wildman–Crippen MR) is 193 cm³/mol. The molecule has 0 aliphatic carbocycles. The standard InChI is InChI=1S/C34H58N4O20/c1-5-17(41)9-20(34(57)58)36-32(55)16(8-26(48)49)7-18(42)10-19(33(56)38(4)12-22(44)28(51)30(53)24(46)14-40)35-31(54)15(2)6-25(47)37(3)11-21(43)27(50)29(52)23(45)13-39/h15-16,19-24,27-30,39-40,43-46,50-53H,5-14H2,1-4H3,(H,35,54)(H,36,55)(H,48,49)(H,57,58). The van der Waals surface area contributed by atoms with E-state index in [1.165, 1.54) is 13.8 Å². The largest absolute Gasteiger partial charge is 0.481 e. The molecule has 0 aromatic heterocycles. The number of hydrogen-bond acceptors (Lipinski definition) is 18. The van der Waals surface area contributed by atoms with Gasteiger partial charge in [0.15, 0.2) is 0 Å². The second-order valence-electron chi connectivity index (χ2n) is 14.0. The average molecular weight is 843 g/mol. The summed E-state index contributed by atoms with van der Waals surface area (Å²) in [6.07, 6.45) is -20.0. The minimum atomic E-state index is -2.13. The van der Waals surface area contributed by atoms with Gasteiger partial charge >= 0.3 is 11.9 Å². The second-order valence-corrected chi connectivity index (χ2v) is 14.0. The molecule has 24 nitrogen and oxygen atoms in total. The van der Waals surface area contributed by atoms with E-state index < -0.39 is 178 Å². The number of nitrogens with zero attached hydrogens (tertiary/aromatic N) is 2. The SMILES string of the molecule is CCC(=O)CC(NC(=O)C(CC(=O)O)CC(=O)CC(NC(=O)C(C)CC(=O)N(C)CC(O)C(O)C(O)C(O)CO)C(=O)N(C)CC(O)C(O)C(O)C(O)CO)C(=O)O. The molecule has 0 fully saturated rings. The number of Topliss-reactive ketones (excluding diaryl/α,β-unsaturated/α-hetero) is 2. The molecule has 0 bridgehead atoms. The van der Waals surface area contributed by atoms with E-state index in [9.17, 15) is 89.4 Å². The molecule has 58 heavy (non-hydrogen) atoms. The first-order valence-corrected chi connectivity index (χ1v) is 18.1. The number of rotatable bonds is 29. The van der Waals surface area contributed by atoms with Gasteiger partial charge in [-0.15, -0.1) is 0 Å².